The van der Waals surface area contributed by atoms with Gasteiger partial charge in [-0.3, -0.25) is 4.79 Å². The largest absolute Gasteiger partial charge is 0.479 e. The van der Waals surface area contributed by atoms with Gasteiger partial charge in [-0.15, -0.1) is 0 Å². The number of amides is 1. The maximum Gasteiger partial charge on any atom is 0.329 e. The first-order valence-electron chi connectivity index (χ1n) is 4.69. The van der Waals surface area contributed by atoms with Gasteiger partial charge in [0.15, 0.2) is 0 Å². The third-order valence-corrected chi connectivity index (χ3v) is 2.94. The fourth-order valence-electron chi connectivity index (χ4n) is 1.83. The second-order valence-corrected chi connectivity index (χ2v) is 3.66. The van der Waals surface area contributed by atoms with Gasteiger partial charge >= 0.3 is 5.97 Å². The molecule has 14 heavy (non-hydrogen) atoms. The molecule has 0 unspecified atom stereocenters. The van der Waals surface area contributed by atoms with Gasteiger partial charge in [-0.05, 0) is 25.9 Å². The van der Waals surface area contributed by atoms with Crippen LogP contribution in [0.15, 0.2) is 0 Å². The summed E-state index contributed by atoms with van der Waals surface area (Å²) < 4.78 is 0. The number of hydrogen-bond acceptors (Lipinski definition) is 3. The molecule has 1 amide bonds. The van der Waals surface area contributed by atoms with Gasteiger partial charge in [0.05, 0.1) is 0 Å². The Labute approximate surface area is 83.1 Å². The van der Waals surface area contributed by atoms with Crippen molar-refractivity contribution in [3.05, 3.63) is 0 Å². The third-order valence-electron chi connectivity index (χ3n) is 2.94. The van der Waals surface area contributed by atoms with Gasteiger partial charge in [-0.2, -0.15) is 0 Å². The zero-order chi connectivity index (χ0) is 10.8. The predicted octanol–water partition coefficient (Wildman–Crippen LogP) is -0.328. The van der Waals surface area contributed by atoms with Gasteiger partial charge in [0, 0.05) is 14.0 Å². The van der Waals surface area contributed by atoms with Crippen LogP contribution in [0.2, 0.25) is 0 Å². The molecule has 0 radical (unpaired) electrons. The van der Waals surface area contributed by atoms with Crippen LogP contribution in [0.25, 0.3) is 0 Å². The van der Waals surface area contributed by atoms with Crippen LogP contribution in [0.3, 0.4) is 0 Å². The highest BCUT2D eigenvalue weighted by atomic mass is 16.4. The molecule has 5 nitrogen and oxygen atoms in total. The van der Waals surface area contributed by atoms with E-state index in [4.69, 9.17) is 0 Å². The molecule has 0 aromatic carbocycles. The number of carboxylic acid groups (broad SMARTS) is 1. The highest BCUT2D eigenvalue weighted by molar-refractivity contribution is 5.86. The number of likely N-dealkylation sites (N-methyl/N-ethyl adjacent to an activating group) is 1. The molecule has 1 aliphatic rings. The van der Waals surface area contributed by atoms with Crippen LogP contribution in [0.4, 0.5) is 0 Å². The van der Waals surface area contributed by atoms with Crippen molar-refractivity contribution in [1.29, 1.82) is 0 Å². The average Bonchev–Trinajstić information content (AvgIpc) is 2.17. The summed E-state index contributed by atoms with van der Waals surface area (Å²) in [7, 11) is 1.56. The number of nitrogens with one attached hydrogen (secondary N) is 1. The Bertz CT molecular complexity index is 246. The van der Waals surface area contributed by atoms with Gasteiger partial charge in [0.25, 0.3) is 0 Å². The molecule has 0 spiro atoms. The van der Waals surface area contributed by atoms with Crippen molar-refractivity contribution in [3.8, 4) is 0 Å². The number of nitrogens with zero attached hydrogens (tertiary/aromatic N) is 1. The molecule has 2 N–H and O–H groups in total. The van der Waals surface area contributed by atoms with Gasteiger partial charge in [0.2, 0.25) is 5.91 Å². The molecule has 0 bridgehead atoms. The van der Waals surface area contributed by atoms with Crippen molar-refractivity contribution in [2.45, 2.75) is 25.3 Å². The number of carboxylic acids is 1. The fourth-order valence-corrected chi connectivity index (χ4v) is 1.83. The molecular weight excluding hydrogens is 184 g/mol. The van der Waals surface area contributed by atoms with Crippen LogP contribution >= 0.6 is 0 Å². The number of piperidine rings is 1. The van der Waals surface area contributed by atoms with E-state index in [1.807, 2.05) is 0 Å². The minimum atomic E-state index is -1.00. The molecule has 0 saturated carbocycles. The van der Waals surface area contributed by atoms with Gasteiger partial charge < -0.3 is 15.3 Å². The Kier molecular flexibility index (Phi) is 3.10. The summed E-state index contributed by atoms with van der Waals surface area (Å²) in [6, 6.07) is 0. The highest BCUT2D eigenvalue weighted by Gasteiger charge is 2.44. The highest BCUT2D eigenvalue weighted by Crippen LogP contribution is 2.25. The van der Waals surface area contributed by atoms with Gasteiger partial charge in [0.1, 0.15) is 5.54 Å². The number of carbonyl (C=O) groups excluding carboxylic acids is 1. The predicted molar refractivity (Wildman–Crippen MR) is 50.9 cm³/mol. The maximum atomic E-state index is 11.2. The lowest BCUT2D eigenvalue weighted by Gasteiger charge is -2.40. The number of hydrogen-bond donors (Lipinski definition) is 2. The zero-order valence-electron chi connectivity index (χ0n) is 8.54. The van der Waals surface area contributed by atoms with E-state index >= 15 is 0 Å². The number of rotatable bonds is 2. The lowest BCUT2D eigenvalue weighted by Crippen LogP contribution is -2.59. The van der Waals surface area contributed by atoms with Crippen molar-refractivity contribution in [3.63, 3.8) is 0 Å². The summed E-state index contributed by atoms with van der Waals surface area (Å²) in [5.74, 6) is -1.11. The van der Waals surface area contributed by atoms with E-state index in [-0.39, 0.29) is 5.91 Å². The quantitative estimate of drug-likeness (QED) is 0.640. The minimum Gasteiger partial charge on any atom is -0.479 e. The summed E-state index contributed by atoms with van der Waals surface area (Å²) in [6.45, 7) is 2.68. The topological polar surface area (TPSA) is 69.6 Å². The second kappa shape index (κ2) is 3.96. The molecule has 1 saturated heterocycles. The standard InChI is InChI=1S/C9H16N2O3/c1-7(12)11(2)9(8(13)14)3-5-10-6-4-9/h10H,3-6H2,1-2H3,(H,13,14). The maximum absolute atomic E-state index is 11.2. The summed E-state index contributed by atoms with van der Waals surface area (Å²) in [5, 5.41) is 12.3. The minimum absolute atomic E-state index is 0.200. The van der Waals surface area contributed by atoms with E-state index in [2.05, 4.69) is 5.32 Å². The molecule has 1 aliphatic heterocycles. The summed E-state index contributed by atoms with van der Waals surface area (Å²) in [5.41, 5.74) is -1.00. The summed E-state index contributed by atoms with van der Waals surface area (Å²) in [6.07, 6.45) is 0.941. The monoisotopic (exact) mass is 200 g/mol. The Morgan fingerprint density at radius 3 is 2.21 bits per heavy atom. The normalized spacial score (nSPS) is 20.1. The number of aliphatic carboxylic acids is 1. The third kappa shape index (κ3) is 1.72. The smallest absolute Gasteiger partial charge is 0.329 e. The van der Waals surface area contributed by atoms with Crippen molar-refractivity contribution < 1.29 is 14.7 Å². The summed E-state index contributed by atoms with van der Waals surface area (Å²) >= 11 is 0. The van der Waals surface area contributed by atoms with E-state index in [0.717, 1.165) is 0 Å². The first-order valence-corrected chi connectivity index (χ1v) is 4.69. The Morgan fingerprint density at radius 1 is 1.36 bits per heavy atom. The number of carbonyl (C=O) groups is 2. The van der Waals surface area contributed by atoms with Crippen LogP contribution in [0, 0.1) is 0 Å². The SMILES string of the molecule is CC(=O)N(C)C1(C(=O)O)CCNCC1. The van der Waals surface area contributed by atoms with Crippen molar-refractivity contribution in [2.75, 3.05) is 20.1 Å². The molecule has 0 aromatic heterocycles. The molecule has 5 heteroatoms. The Morgan fingerprint density at radius 2 is 1.86 bits per heavy atom. The van der Waals surface area contributed by atoms with Crippen LogP contribution < -0.4 is 5.32 Å². The molecule has 0 aliphatic carbocycles. The van der Waals surface area contributed by atoms with Crippen molar-refractivity contribution >= 4 is 11.9 Å². The average molecular weight is 200 g/mol. The van der Waals surface area contributed by atoms with E-state index in [1.165, 1.54) is 11.8 Å². The zero-order valence-corrected chi connectivity index (χ0v) is 8.54. The molecule has 1 fully saturated rings. The molecule has 1 heterocycles. The van der Waals surface area contributed by atoms with Crippen molar-refractivity contribution in [2.24, 2.45) is 0 Å². The first kappa shape index (κ1) is 11.0. The van der Waals surface area contributed by atoms with Crippen molar-refractivity contribution in [1.82, 2.24) is 10.2 Å². The first-order chi connectivity index (χ1) is 6.50. The Hall–Kier alpha value is -1.10. The summed E-state index contributed by atoms with van der Waals surface area (Å²) in [4.78, 5) is 23.7. The van der Waals surface area contributed by atoms with Crippen LogP contribution in [-0.4, -0.2) is 47.6 Å². The Balaban J connectivity index is 2.90. The molecule has 80 valence electrons. The van der Waals surface area contributed by atoms with E-state index in [1.54, 1.807) is 7.05 Å². The lowest BCUT2D eigenvalue weighted by atomic mass is 9.87. The van der Waals surface area contributed by atoms with E-state index in [9.17, 15) is 14.7 Å². The molecular formula is C9H16N2O3. The molecule has 1 rings (SSSR count). The van der Waals surface area contributed by atoms with Gasteiger partial charge in [-0.1, -0.05) is 0 Å². The van der Waals surface area contributed by atoms with Crippen LogP contribution in [0.1, 0.15) is 19.8 Å². The lowest BCUT2D eigenvalue weighted by molar-refractivity contribution is -0.159. The molecule has 0 atom stereocenters. The van der Waals surface area contributed by atoms with E-state index < -0.39 is 11.5 Å². The van der Waals surface area contributed by atoms with E-state index in [0.29, 0.717) is 25.9 Å². The second-order valence-electron chi connectivity index (χ2n) is 3.66. The van der Waals surface area contributed by atoms with Gasteiger partial charge in [-0.25, -0.2) is 4.79 Å². The fraction of sp³-hybridized carbons (Fsp3) is 0.778. The van der Waals surface area contributed by atoms with Crippen LogP contribution in [0.5, 0.6) is 0 Å². The molecule has 0 aromatic rings. The van der Waals surface area contributed by atoms with Crippen LogP contribution in [-0.2, 0) is 9.59 Å².